The third kappa shape index (κ3) is 7.96. The second-order valence-electron chi connectivity index (χ2n) is 15.3. The van der Waals surface area contributed by atoms with Crippen LogP contribution in [0.3, 0.4) is 0 Å². The van der Waals surface area contributed by atoms with Crippen molar-refractivity contribution in [2.45, 2.75) is 94.4 Å². The minimum absolute atomic E-state index is 0.00762. The lowest BCUT2D eigenvalue weighted by atomic mass is 9.68. The molecule has 1 aliphatic carbocycles. The van der Waals surface area contributed by atoms with Crippen molar-refractivity contribution in [3.63, 3.8) is 0 Å². The predicted octanol–water partition coefficient (Wildman–Crippen LogP) is 5.53. The number of carbonyl (C=O) groups is 3. The molecule has 0 unspecified atom stereocenters. The summed E-state index contributed by atoms with van der Waals surface area (Å²) in [6.07, 6.45) is 3.17. The number of fused-ring (bicyclic) bond motifs is 8. The fourth-order valence-electron chi connectivity index (χ4n) is 8.43. The highest BCUT2D eigenvalue weighted by molar-refractivity contribution is 5.89. The summed E-state index contributed by atoms with van der Waals surface area (Å²) in [6, 6.07) is 18.9. The Hall–Kier alpha value is -4.75. The van der Waals surface area contributed by atoms with Gasteiger partial charge in [0.25, 0.3) is 0 Å². The van der Waals surface area contributed by atoms with Crippen molar-refractivity contribution in [2.75, 3.05) is 13.6 Å². The normalized spacial score (nSPS) is 27.9. The van der Waals surface area contributed by atoms with Crippen LogP contribution in [0.4, 0.5) is 0 Å². The maximum Gasteiger partial charge on any atom is 0.334 e. The molecule has 7 rings (SSSR count). The number of ketones is 1. The van der Waals surface area contributed by atoms with E-state index in [1.165, 1.54) is 6.07 Å². The summed E-state index contributed by atoms with van der Waals surface area (Å²) in [5.41, 5.74) is 3.54. The number of nitrogens with one attached hydrogen (secondary N) is 1. The zero-order valence-electron chi connectivity index (χ0n) is 30.3. The van der Waals surface area contributed by atoms with E-state index in [1.807, 2.05) is 42.5 Å². The first-order valence-corrected chi connectivity index (χ1v) is 18.7. The molecule has 0 spiro atoms. The van der Waals surface area contributed by atoms with Crippen LogP contribution in [0, 0.1) is 23.7 Å². The number of rotatable bonds is 4. The number of hydrogen-bond acceptors (Lipinski definition) is 9. The van der Waals surface area contributed by atoms with E-state index in [9.17, 15) is 29.7 Å². The van der Waals surface area contributed by atoms with Crippen LogP contribution in [-0.4, -0.2) is 58.3 Å². The lowest BCUT2D eigenvalue weighted by Gasteiger charge is -2.42. The van der Waals surface area contributed by atoms with E-state index >= 15 is 0 Å². The molecule has 4 N–H and O–H groups in total. The minimum atomic E-state index is -1.57. The quantitative estimate of drug-likeness (QED) is 0.156. The molecule has 1 saturated carbocycles. The van der Waals surface area contributed by atoms with Gasteiger partial charge in [0, 0.05) is 48.4 Å². The Labute approximate surface area is 310 Å². The van der Waals surface area contributed by atoms with Gasteiger partial charge in [0.1, 0.15) is 29.0 Å². The number of phenolic OH excluding ortho intramolecular Hbond substituents is 1. The van der Waals surface area contributed by atoms with Crippen molar-refractivity contribution >= 4 is 17.7 Å². The van der Waals surface area contributed by atoms with E-state index in [4.69, 9.17) is 9.47 Å². The molecule has 3 aromatic carbocycles. The zero-order chi connectivity index (χ0) is 37.3. The number of esters is 2. The fraction of sp³-hybridized carbons (Fsp3) is 0.432. The van der Waals surface area contributed by atoms with Crippen LogP contribution in [0.25, 0.3) is 0 Å². The molecule has 0 amide bonds. The number of aryl methyl sites for hydroxylation is 1. The van der Waals surface area contributed by atoms with E-state index in [0.717, 1.165) is 16.7 Å². The van der Waals surface area contributed by atoms with Crippen LogP contribution in [0.1, 0.15) is 96.8 Å². The average Bonchev–Trinajstić information content (AvgIpc) is 3.13. The van der Waals surface area contributed by atoms with Crippen LogP contribution < -0.4 is 10.1 Å². The van der Waals surface area contributed by atoms with Crippen LogP contribution in [-0.2, 0) is 38.4 Å². The molecule has 9 nitrogen and oxygen atoms in total. The SMILES string of the molecule is CNC[C@H](O)c1cccc([C@H]2C#C[C@H]3CC(=O)Oc4cc(O)c(cc43)C[C@H]3OC(=O)C(=CCCc4cccc(c4)C[C@H]4C[C@H](CCC4=O)[C@]3(C)O)C2)c1. The lowest BCUT2D eigenvalue weighted by molar-refractivity contribution is -0.170. The number of aliphatic hydroxyl groups is 2. The van der Waals surface area contributed by atoms with Gasteiger partial charge < -0.3 is 30.1 Å². The number of ether oxygens (including phenoxy) is 2. The van der Waals surface area contributed by atoms with Crippen LogP contribution in [0.2, 0.25) is 0 Å². The molecule has 9 heteroatoms. The standard InChI is InChI=1S/C44H47NO8/c1-44(51)35-14-15-37(46)33(20-35)17-27-8-3-6-26(16-27)7-4-11-32-19-29(28-9-5-10-31(18-28)39(48)25-45-2)12-13-30-23-42(49)52-40-24-38(47)34(21-36(30)40)22-41(44)53-43(32)50/h3,5-6,8-11,16,18,21,24,29-30,33,35,39,41,45,47-48,51H,4,7,14-15,17,19-20,22-23,25H2,1-2H3/t29-,30-,33-,35-,39-,41+,44-/m0/s1. The highest BCUT2D eigenvalue weighted by atomic mass is 16.6. The third-order valence-corrected chi connectivity index (χ3v) is 11.6. The smallest absolute Gasteiger partial charge is 0.334 e. The van der Waals surface area contributed by atoms with E-state index in [-0.39, 0.29) is 48.4 Å². The van der Waals surface area contributed by atoms with Crippen molar-refractivity contribution in [2.24, 2.45) is 11.8 Å². The Balaban J connectivity index is 1.38. The Morgan fingerprint density at radius 1 is 0.943 bits per heavy atom. The van der Waals surface area contributed by atoms with Gasteiger partial charge >= 0.3 is 11.9 Å². The van der Waals surface area contributed by atoms with E-state index < -0.39 is 41.6 Å². The largest absolute Gasteiger partial charge is 0.508 e. The number of allylic oxidation sites excluding steroid dienone is 1. The second-order valence-corrected chi connectivity index (χ2v) is 15.3. The monoisotopic (exact) mass is 717 g/mol. The summed E-state index contributed by atoms with van der Waals surface area (Å²) in [7, 11) is 1.77. The zero-order valence-corrected chi connectivity index (χ0v) is 30.3. The highest BCUT2D eigenvalue weighted by Gasteiger charge is 2.46. The van der Waals surface area contributed by atoms with Crippen LogP contribution in [0.5, 0.6) is 11.5 Å². The van der Waals surface area contributed by atoms with Gasteiger partial charge in [-0.1, -0.05) is 66.4 Å². The first-order chi connectivity index (χ1) is 25.5. The van der Waals surface area contributed by atoms with Gasteiger partial charge in [-0.05, 0) is 92.3 Å². The Bertz CT molecular complexity index is 2000. The molecular weight excluding hydrogens is 670 g/mol. The van der Waals surface area contributed by atoms with Crippen molar-refractivity contribution in [3.05, 3.63) is 106 Å². The average molecular weight is 718 g/mol. The third-order valence-electron chi connectivity index (χ3n) is 11.6. The Morgan fingerprint density at radius 2 is 1.74 bits per heavy atom. The summed E-state index contributed by atoms with van der Waals surface area (Å²) < 4.78 is 11.9. The molecule has 8 bridgehead atoms. The van der Waals surface area contributed by atoms with Gasteiger partial charge in [-0.3, -0.25) is 9.59 Å². The molecule has 1 fully saturated rings. The highest BCUT2D eigenvalue weighted by Crippen LogP contribution is 2.43. The van der Waals surface area contributed by atoms with Crippen LogP contribution >= 0.6 is 0 Å². The van der Waals surface area contributed by atoms with Gasteiger partial charge in [-0.25, -0.2) is 4.79 Å². The number of aliphatic hydroxyl groups excluding tert-OH is 1. The van der Waals surface area contributed by atoms with E-state index in [0.29, 0.717) is 67.3 Å². The maximum absolute atomic E-state index is 14.5. The number of aromatic hydroxyl groups is 1. The van der Waals surface area contributed by atoms with Gasteiger partial charge in [0.2, 0.25) is 0 Å². The molecule has 0 saturated heterocycles. The number of Topliss-reactive ketones (excluding diaryl/α,β-unsaturated/α-hetero) is 1. The van der Waals surface area contributed by atoms with E-state index in [2.05, 4.69) is 29.3 Å². The molecule has 4 aliphatic rings. The lowest BCUT2D eigenvalue weighted by Crippen LogP contribution is -2.52. The van der Waals surface area contributed by atoms with E-state index in [1.54, 1.807) is 20.0 Å². The summed E-state index contributed by atoms with van der Waals surface area (Å²) >= 11 is 0. The number of phenols is 1. The van der Waals surface area contributed by atoms with Crippen LogP contribution in [0.15, 0.2) is 72.3 Å². The van der Waals surface area contributed by atoms with Gasteiger partial charge in [-0.15, -0.1) is 0 Å². The van der Waals surface area contributed by atoms with Crippen molar-refractivity contribution < 1.29 is 39.2 Å². The summed E-state index contributed by atoms with van der Waals surface area (Å²) in [5.74, 6) is 4.20. The number of benzene rings is 3. The van der Waals surface area contributed by atoms with Crippen molar-refractivity contribution in [3.8, 4) is 23.3 Å². The molecule has 276 valence electrons. The maximum atomic E-state index is 14.5. The molecule has 53 heavy (non-hydrogen) atoms. The van der Waals surface area contributed by atoms with Crippen molar-refractivity contribution in [1.82, 2.24) is 5.32 Å². The molecule has 0 aromatic heterocycles. The topological polar surface area (TPSA) is 142 Å². The predicted molar refractivity (Wildman–Crippen MR) is 198 cm³/mol. The second kappa shape index (κ2) is 15.3. The van der Waals surface area contributed by atoms with Crippen molar-refractivity contribution in [1.29, 1.82) is 0 Å². The molecule has 7 atom stereocenters. The van der Waals surface area contributed by atoms with Gasteiger partial charge in [0.15, 0.2) is 0 Å². The number of likely N-dealkylation sites (N-methyl/N-ethyl adjacent to an activating group) is 1. The summed E-state index contributed by atoms with van der Waals surface area (Å²) in [4.78, 5) is 40.6. The van der Waals surface area contributed by atoms with Gasteiger partial charge in [-0.2, -0.15) is 0 Å². The summed E-state index contributed by atoms with van der Waals surface area (Å²) in [5, 5.41) is 37.6. The minimum Gasteiger partial charge on any atom is -0.508 e. The molecule has 3 aliphatic heterocycles. The Morgan fingerprint density at radius 3 is 2.57 bits per heavy atom. The first-order valence-electron chi connectivity index (χ1n) is 18.7. The first kappa shape index (κ1) is 36.6. The Kier molecular flexibility index (Phi) is 10.6. The van der Waals surface area contributed by atoms with Gasteiger partial charge in [0.05, 0.1) is 18.4 Å². The fourth-order valence-corrected chi connectivity index (χ4v) is 8.43. The molecule has 3 heterocycles. The molecule has 0 radical (unpaired) electrons. The summed E-state index contributed by atoms with van der Waals surface area (Å²) in [6.45, 7) is 2.03. The molecular formula is C44H47NO8. The number of carbonyl (C=O) groups excluding carboxylic acids is 3. The number of hydrogen-bond donors (Lipinski definition) is 4. The molecule has 3 aromatic rings.